The van der Waals surface area contributed by atoms with Crippen molar-refractivity contribution in [2.45, 2.75) is 76.0 Å². The minimum Gasteiger partial charge on any atom is -0.365 e. The summed E-state index contributed by atoms with van der Waals surface area (Å²) >= 11 is 0. The van der Waals surface area contributed by atoms with Crippen LogP contribution in [0.25, 0.3) is 0 Å². The lowest BCUT2D eigenvalue weighted by molar-refractivity contribution is -0.176. The molecule has 40 heavy (non-hydrogen) atoms. The van der Waals surface area contributed by atoms with E-state index >= 15 is 0 Å². The summed E-state index contributed by atoms with van der Waals surface area (Å²) in [6.07, 6.45) is 9.36. The Balaban J connectivity index is 1.13. The molecule has 6 unspecified atom stereocenters. The van der Waals surface area contributed by atoms with Crippen LogP contribution in [-0.2, 0) is 27.3 Å². The molecular weight excluding hydrogens is 508 g/mol. The quantitative estimate of drug-likeness (QED) is 0.394. The highest BCUT2D eigenvalue weighted by Crippen LogP contribution is 2.33. The maximum absolute atomic E-state index is 13.7. The number of morpholine rings is 1. The molecule has 0 aromatic heterocycles. The molecule has 216 valence electrons. The van der Waals surface area contributed by atoms with Gasteiger partial charge in [0.1, 0.15) is 19.1 Å². The number of nitrogens with one attached hydrogen (secondary N) is 4. The number of nitrogens with zero attached hydrogens (tertiary/aromatic N) is 4. The molecule has 7 rings (SSSR count). The van der Waals surface area contributed by atoms with Gasteiger partial charge in [-0.1, -0.05) is 18.2 Å². The first-order valence-corrected chi connectivity index (χ1v) is 15.0. The lowest BCUT2D eigenvalue weighted by Crippen LogP contribution is -2.72. The largest absolute Gasteiger partial charge is 0.365 e. The second-order valence-corrected chi connectivity index (χ2v) is 12.1. The maximum Gasteiger partial charge on any atom is 0.249 e. The molecule has 4 N–H and O–H groups in total. The molecule has 2 bridgehead atoms. The average molecular weight is 551 g/mol. The van der Waals surface area contributed by atoms with E-state index in [1.807, 2.05) is 9.91 Å². The Morgan fingerprint density at radius 1 is 1.02 bits per heavy atom. The second-order valence-electron chi connectivity index (χ2n) is 12.1. The minimum atomic E-state index is -0.196. The fourth-order valence-corrected chi connectivity index (χ4v) is 7.29. The van der Waals surface area contributed by atoms with Crippen molar-refractivity contribution in [2.24, 2.45) is 5.92 Å². The number of carbonyl (C=O) groups is 2. The van der Waals surface area contributed by atoms with E-state index in [9.17, 15) is 9.59 Å². The Labute approximate surface area is 236 Å². The highest BCUT2D eigenvalue weighted by atomic mass is 16.5. The molecule has 0 spiro atoms. The standard InChI is InChI=1S/C29H42N8O3/c1-34-14-11-19-15-21(8-7-20(19)17-34)31-29-30-16-22-26(33-29)37-24-10-9-23-27(32-24)35(25(38)18-40-23)12-5-3-2-4-6-13-36(37)28(22)39/h4,6-8,15,22-24,26-27,29-33H,2-3,5,9-14,16-18H2,1H3/b6-4-. The van der Waals surface area contributed by atoms with Crippen molar-refractivity contribution in [3.8, 4) is 0 Å². The van der Waals surface area contributed by atoms with Crippen LogP contribution >= 0.6 is 0 Å². The lowest BCUT2D eigenvalue weighted by atomic mass is 9.99. The molecular formula is C29H42N8O3. The highest BCUT2D eigenvalue weighted by Gasteiger charge is 2.53. The normalized spacial score (nSPS) is 36.0. The molecule has 2 amide bonds. The molecule has 0 aliphatic carbocycles. The van der Waals surface area contributed by atoms with E-state index in [-0.39, 0.29) is 55.2 Å². The Morgan fingerprint density at radius 2 is 1.95 bits per heavy atom. The van der Waals surface area contributed by atoms with Gasteiger partial charge in [-0.05, 0) is 68.8 Å². The van der Waals surface area contributed by atoms with E-state index in [0.29, 0.717) is 13.1 Å². The van der Waals surface area contributed by atoms with Crippen LogP contribution in [0.4, 0.5) is 5.69 Å². The van der Waals surface area contributed by atoms with Gasteiger partial charge in [0.05, 0.1) is 30.9 Å². The van der Waals surface area contributed by atoms with Gasteiger partial charge in [-0.2, -0.15) is 5.01 Å². The lowest BCUT2D eigenvalue weighted by Gasteiger charge is -2.50. The third-order valence-electron chi connectivity index (χ3n) is 9.42. The van der Waals surface area contributed by atoms with Crippen molar-refractivity contribution in [2.75, 3.05) is 45.2 Å². The fraction of sp³-hybridized carbons (Fsp3) is 0.655. The summed E-state index contributed by atoms with van der Waals surface area (Å²) in [5, 5.41) is 18.8. The number of hydrazine groups is 1. The number of amides is 2. The molecule has 11 nitrogen and oxygen atoms in total. The van der Waals surface area contributed by atoms with Gasteiger partial charge in [0.25, 0.3) is 0 Å². The van der Waals surface area contributed by atoms with E-state index in [4.69, 9.17) is 4.74 Å². The van der Waals surface area contributed by atoms with E-state index in [2.05, 4.69) is 68.6 Å². The van der Waals surface area contributed by atoms with Crippen molar-refractivity contribution in [1.82, 2.24) is 35.8 Å². The summed E-state index contributed by atoms with van der Waals surface area (Å²) < 4.78 is 5.96. The SMILES string of the molecule is CN1CCc2cc(NC3NCC4C(=O)N5C/C=C\CCCCN6C(=O)COC7CCC(NC76)N5C4N3)ccc2C1. The van der Waals surface area contributed by atoms with Gasteiger partial charge in [-0.15, -0.1) is 0 Å². The molecule has 1 aromatic rings. The summed E-state index contributed by atoms with van der Waals surface area (Å²) in [5.41, 5.74) is 3.87. The first kappa shape index (κ1) is 26.4. The van der Waals surface area contributed by atoms with Crippen molar-refractivity contribution in [3.05, 3.63) is 41.5 Å². The summed E-state index contributed by atoms with van der Waals surface area (Å²) in [5.74, 6) is -0.0103. The number of rotatable bonds is 2. The third-order valence-corrected chi connectivity index (χ3v) is 9.42. The summed E-state index contributed by atoms with van der Waals surface area (Å²) in [7, 11) is 2.17. The number of fused-ring (bicyclic) bond motifs is 6. The van der Waals surface area contributed by atoms with Crippen molar-refractivity contribution >= 4 is 17.5 Å². The van der Waals surface area contributed by atoms with Gasteiger partial charge in [0.2, 0.25) is 11.8 Å². The van der Waals surface area contributed by atoms with E-state index in [1.165, 1.54) is 11.1 Å². The second kappa shape index (κ2) is 11.0. The Morgan fingerprint density at radius 3 is 2.88 bits per heavy atom. The van der Waals surface area contributed by atoms with Crippen LogP contribution in [0.5, 0.6) is 0 Å². The van der Waals surface area contributed by atoms with Crippen LogP contribution in [0.15, 0.2) is 30.4 Å². The van der Waals surface area contributed by atoms with Gasteiger partial charge in [-0.3, -0.25) is 30.5 Å². The smallest absolute Gasteiger partial charge is 0.249 e. The monoisotopic (exact) mass is 550 g/mol. The van der Waals surface area contributed by atoms with Gasteiger partial charge < -0.3 is 19.9 Å². The van der Waals surface area contributed by atoms with Crippen LogP contribution in [0, 0.1) is 5.92 Å². The van der Waals surface area contributed by atoms with Gasteiger partial charge in [0, 0.05) is 31.9 Å². The molecule has 4 saturated heterocycles. The van der Waals surface area contributed by atoms with Crippen LogP contribution in [-0.4, -0.2) is 102 Å². The number of hydrogen-bond acceptors (Lipinski definition) is 9. The molecule has 11 heteroatoms. The molecule has 1 aromatic carbocycles. The maximum atomic E-state index is 13.7. The average Bonchev–Trinajstić information content (AvgIpc) is 3.24. The van der Waals surface area contributed by atoms with Gasteiger partial charge in [0.15, 0.2) is 0 Å². The summed E-state index contributed by atoms with van der Waals surface area (Å²) in [4.78, 5) is 30.9. The molecule has 6 aliphatic heterocycles. The zero-order valence-electron chi connectivity index (χ0n) is 23.3. The predicted molar refractivity (Wildman–Crippen MR) is 150 cm³/mol. The van der Waals surface area contributed by atoms with Crippen molar-refractivity contribution < 1.29 is 14.3 Å². The van der Waals surface area contributed by atoms with Crippen LogP contribution in [0.2, 0.25) is 0 Å². The van der Waals surface area contributed by atoms with Crippen molar-refractivity contribution in [3.63, 3.8) is 0 Å². The van der Waals surface area contributed by atoms with E-state index in [0.717, 1.165) is 63.8 Å². The topological polar surface area (TPSA) is 104 Å². The Kier molecular flexibility index (Phi) is 7.27. The number of likely N-dealkylation sites (N-methyl/N-ethyl adjacent to an activating group) is 1. The predicted octanol–water partition coefficient (Wildman–Crippen LogP) is 0.567. The zero-order chi connectivity index (χ0) is 27.2. The van der Waals surface area contributed by atoms with E-state index in [1.54, 1.807) is 0 Å². The summed E-state index contributed by atoms with van der Waals surface area (Å²) in [6, 6.07) is 6.65. The fourth-order valence-electron chi connectivity index (χ4n) is 7.29. The zero-order valence-corrected chi connectivity index (χ0v) is 23.3. The minimum absolute atomic E-state index is 0.0149. The number of ether oxygens (including phenoxy) is 1. The van der Waals surface area contributed by atoms with Gasteiger partial charge in [-0.25, -0.2) is 0 Å². The van der Waals surface area contributed by atoms with Crippen molar-refractivity contribution in [1.29, 1.82) is 0 Å². The first-order chi connectivity index (χ1) is 19.5. The molecule has 4 fully saturated rings. The van der Waals surface area contributed by atoms with Gasteiger partial charge >= 0.3 is 0 Å². The summed E-state index contributed by atoms with van der Waals surface area (Å²) in [6.45, 7) is 4.10. The number of benzene rings is 1. The third kappa shape index (κ3) is 4.93. The Bertz CT molecular complexity index is 1160. The number of allylic oxidation sites excluding steroid dienone is 1. The number of hydrogen-bond donors (Lipinski definition) is 4. The number of anilines is 1. The molecule has 6 atom stereocenters. The molecule has 0 radical (unpaired) electrons. The first-order valence-electron chi connectivity index (χ1n) is 15.0. The molecule has 6 heterocycles. The number of carbonyl (C=O) groups excluding carboxylic acids is 2. The Hall–Kier alpha value is -2.54. The molecule has 0 saturated carbocycles. The van der Waals surface area contributed by atoms with Crippen LogP contribution in [0.3, 0.4) is 0 Å². The molecule has 6 aliphatic rings. The number of piperidine rings is 1. The van der Waals surface area contributed by atoms with Crippen LogP contribution < -0.4 is 21.3 Å². The highest BCUT2D eigenvalue weighted by molar-refractivity contribution is 5.82. The van der Waals surface area contributed by atoms with Crippen LogP contribution in [0.1, 0.15) is 43.2 Å². The van der Waals surface area contributed by atoms with E-state index < -0.39 is 0 Å².